The lowest BCUT2D eigenvalue weighted by Crippen LogP contribution is -1.91. The lowest BCUT2D eigenvalue weighted by molar-refractivity contribution is 1.31. The number of nitrogen functional groups attached to an aromatic ring is 1. The van der Waals surface area contributed by atoms with Crippen molar-refractivity contribution in [2.45, 2.75) is 0 Å². The molecule has 68 valence electrons. The van der Waals surface area contributed by atoms with Crippen LogP contribution in [-0.2, 0) is 0 Å². The number of hydrogen-bond acceptors (Lipinski definition) is 3. The van der Waals surface area contributed by atoms with Gasteiger partial charge in [-0.1, -0.05) is 0 Å². The summed E-state index contributed by atoms with van der Waals surface area (Å²) in [5.41, 5.74) is 5.65. The zero-order valence-electron chi connectivity index (χ0n) is 6.57. The van der Waals surface area contributed by atoms with Gasteiger partial charge in [0.1, 0.15) is 5.82 Å². The van der Waals surface area contributed by atoms with Gasteiger partial charge in [-0.05, 0) is 22.0 Å². The first-order valence-electron chi connectivity index (χ1n) is 3.43. The third-order valence-corrected chi connectivity index (χ3v) is 2.30. The Morgan fingerprint density at radius 3 is 2.69 bits per heavy atom. The number of pyridine rings is 2. The minimum absolute atomic E-state index is 0. The van der Waals surface area contributed by atoms with E-state index in [1.807, 2.05) is 6.07 Å². The Balaban J connectivity index is 0.000000845. The minimum Gasteiger partial charge on any atom is -0.383 e. The predicted octanol–water partition coefficient (Wildman–Crippen LogP) is 2.55. The van der Waals surface area contributed by atoms with Crippen molar-refractivity contribution in [3.8, 4) is 0 Å². The van der Waals surface area contributed by atoms with Gasteiger partial charge >= 0.3 is 0 Å². The molecule has 0 aliphatic rings. The fourth-order valence-corrected chi connectivity index (χ4v) is 1.52. The maximum absolute atomic E-state index is 5.65. The second-order valence-electron chi connectivity index (χ2n) is 2.41. The van der Waals surface area contributed by atoms with Crippen LogP contribution in [0, 0.1) is 0 Å². The molecule has 0 saturated heterocycles. The molecular formula is C8H7Br2N3. The van der Waals surface area contributed by atoms with Gasteiger partial charge in [0.15, 0.2) is 0 Å². The summed E-state index contributed by atoms with van der Waals surface area (Å²) in [6.45, 7) is 0. The van der Waals surface area contributed by atoms with E-state index in [1.165, 1.54) is 0 Å². The van der Waals surface area contributed by atoms with Crippen molar-refractivity contribution in [2.24, 2.45) is 0 Å². The molecule has 0 atom stereocenters. The first kappa shape index (κ1) is 10.4. The summed E-state index contributed by atoms with van der Waals surface area (Å²) in [6, 6.07) is 1.90. The van der Waals surface area contributed by atoms with Gasteiger partial charge in [0.25, 0.3) is 0 Å². The second-order valence-corrected chi connectivity index (χ2v) is 3.27. The van der Waals surface area contributed by atoms with Crippen LogP contribution in [-0.4, -0.2) is 9.97 Å². The van der Waals surface area contributed by atoms with E-state index in [4.69, 9.17) is 5.73 Å². The van der Waals surface area contributed by atoms with Crippen molar-refractivity contribution >= 4 is 49.5 Å². The monoisotopic (exact) mass is 303 g/mol. The molecule has 0 amide bonds. The fourth-order valence-electron chi connectivity index (χ4n) is 1.07. The maximum atomic E-state index is 5.65. The van der Waals surface area contributed by atoms with Crippen molar-refractivity contribution in [1.29, 1.82) is 0 Å². The standard InChI is InChI=1S/C8H6BrN3.BrH/c9-7-4-12-8(10)6-3-11-2-1-5(6)7;/h1-4H,(H2,10,12);1H. The van der Waals surface area contributed by atoms with Gasteiger partial charge in [0.05, 0.1) is 0 Å². The highest BCUT2D eigenvalue weighted by Crippen LogP contribution is 2.24. The summed E-state index contributed by atoms with van der Waals surface area (Å²) in [6.07, 6.45) is 5.13. The zero-order chi connectivity index (χ0) is 8.55. The smallest absolute Gasteiger partial charge is 0.132 e. The molecule has 13 heavy (non-hydrogen) atoms. The highest BCUT2D eigenvalue weighted by Gasteiger charge is 2.01. The first-order chi connectivity index (χ1) is 5.79. The van der Waals surface area contributed by atoms with Crippen molar-refractivity contribution in [1.82, 2.24) is 9.97 Å². The molecule has 0 aromatic carbocycles. The molecule has 0 fully saturated rings. The van der Waals surface area contributed by atoms with Crippen molar-refractivity contribution in [3.05, 3.63) is 29.1 Å². The van der Waals surface area contributed by atoms with Gasteiger partial charge in [-0.2, -0.15) is 0 Å². The summed E-state index contributed by atoms with van der Waals surface area (Å²) < 4.78 is 0.939. The average Bonchev–Trinajstić information content (AvgIpc) is 2.12. The second kappa shape index (κ2) is 4.02. The molecule has 0 spiro atoms. The van der Waals surface area contributed by atoms with Crippen LogP contribution in [0.2, 0.25) is 0 Å². The van der Waals surface area contributed by atoms with E-state index in [9.17, 15) is 0 Å². The van der Waals surface area contributed by atoms with Crippen molar-refractivity contribution < 1.29 is 0 Å². The Labute approximate surface area is 94.3 Å². The van der Waals surface area contributed by atoms with Crippen LogP contribution < -0.4 is 5.73 Å². The van der Waals surface area contributed by atoms with E-state index < -0.39 is 0 Å². The Bertz CT molecular complexity index is 390. The predicted molar refractivity (Wildman–Crippen MR) is 62.0 cm³/mol. The molecule has 0 unspecified atom stereocenters. The number of anilines is 1. The van der Waals surface area contributed by atoms with Crippen molar-refractivity contribution in [2.75, 3.05) is 5.73 Å². The van der Waals surface area contributed by atoms with Gasteiger partial charge in [-0.15, -0.1) is 17.0 Å². The van der Waals surface area contributed by atoms with Crippen LogP contribution in [0.25, 0.3) is 10.8 Å². The summed E-state index contributed by atoms with van der Waals surface area (Å²) >= 11 is 3.39. The summed E-state index contributed by atoms with van der Waals surface area (Å²) in [5, 5.41) is 1.92. The molecule has 2 heterocycles. The molecule has 2 N–H and O–H groups in total. The van der Waals surface area contributed by atoms with Gasteiger partial charge in [0.2, 0.25) is 0 Å². The van der Waals surface area contributed by atoms with E-state index in [-0.39, 0.29) is 17.0 Å². The highest BCUT2D eigenvalue weighted by molar-refractivity contribution is 9.10. The number of nitrogens with two attached hydrogens (primary N) is 1. The van der Waals surface area contributed by atoms with Crippen LogP contribution in [0.3, 0.4) is 0 Å². The van der Waals surface area contributed by atoms with E-state index in [0.29, 0.717) is 5.82 Å². The first-order valence-corrected chi connectivity index (χ1v) is 4.22. The van der Waals surface area contributed by atoms with Crippen LogP contribution in [0.5, 0.6) is 0 Å². The van der Waals surface area contributed by atoms with E-state index in [2.05, 4.69) is 25.9 Å². The average molecular weight is 305 g/mol. The molecule has 0 bridgehead atoms. The van der Waals surface area contributed by atoms with Gasteiger partial charge in [-0.25, -0.2) is 4.98 Å². The molecule has 5 heteroatoms. The van der Waals surface area contributed by atoms with Crippen molar-refractivity contribution in [3.63, 3.8) is 0 Å². The molecule has 0 radical (unpaired) electrons. The quantitative estimate of drug-likeness (QED) is 0.814. The van der Waals surface area contributed by atoms with Gasteiger partial charge in [-0.3, -0.25) is 4.98 Å². The summed E-state index contributed by atoms with van der Waals surface area (Å²) in [7, 11) is 0. The fraction of sp³-hybridized carbons (Fsp3) is 0. The topological polar surface area (TPSA) is 51.8 Å². The Morgan fingerprint density at radius 1 is 1.23 bits per heavy atom. The lowest BCUT2D eigenvalue weighted by atomic mass is 10.2. The maximum Gasteiger partial charge on any atom is 0.132 e. The Morgan fingerprint density at radius 2 is 2.00 bits per heavy atom. The SMILES string of the molecule is Br.Nc1ncc(Br)c2ccncc12. The molecule has 0 aliphatic carbocycles. The van der Waals surface area contributed by atoms with E-state index in [1.54, 1.807) is 18.6 Å². The number of aromatic nitrogens is 2. The van der Waals surface area contributed by atoms with E-state index in [0.717, 1.165) is 15.2 Å². The molecule has 3 nitrogen and oxygen atoms in total. The molecule has 2 aromatic heterocycles. The van der Waals surface area contributed by atoms with Gasteiger partial charge < -0.3 is 5.73 Å². The lowest BCUT2D eigenvalue weighted by Gasteiger charge is -2.00. The molecule has 0 aliphatic heterocycles. The number of rotatable bonds is 0. The van der Waals surface area contributed by atoms with Crippen LogP contribution in [0.1, 0.15) is 0 Å². The Kier molecular flexibility index (Phi) is 3.22. The number of halogens is 2. The normalized spacial score (nSPS) is 9.62. The van der Waals surface area contributed by atoms with E-state index >= 15 is 0 Å². The number of nitrogens with zero attached hydrogens (tertiary/aromatic N) is 2. The van der Waals surface area contributed by atoms with Crippen LogP contribution in [0.15, 0.2) is 29.1 Å². The Hall–Kier alpha value is -0.680. The highest BCUT2D eigenvalue weighted by atomic mass is 79.9. The summed E-state index contributed by atoms with van der Waals surface area (Å²) in [5.74, 6) is 0.515. The third-order valence-electron chi connectivity index (χ3n) is 1.67. The van der Waals surface area contributed by atoms with Crippen LogP contribution >= 0.6 is 32.9 Å². The number of hydrogen-bond donors (Lipinski definition) is 1. The third kappa shape index (κ3) is 1.81. The van der Waals surface area contributed by atoms with Gasteiger partial charge in [0, 0.05) is 33.8 Å². The summed E-state index contributed by atoms with van der Waals surface area (Å²) in [4.78, 5) is 7.97. The van der Waals surface area contributed by atoms with Crippen LogP contribution in [0.4, 0.5) is 5.82 Å². The number of fused-ring (bicyclic) bond motifs is 1. The molecule has 0 saturated carbocycles. The zero-order valence-corrected chi connectivity index (χ0v) is 9.87. The largest absolute Gasteiger partial charge is 0.383 e. The minimum atomic E-state index is 0. The molecule has 2 aromatic rings. The molecule has 2 rings (SSSR count). The molecular weight excluding hydrogens is 298 g/mol.